The number of nitrogens with zero attached hydrogens (tertiary/aromatic N) is 3. The van der Waals surface area contributed by atoms with Crippen molar-refractivity contribution in [2.24, 2.45) is 7.05 Å². The van der Waals surface area contributed by atoms with E-state index in [9.17, 15) is 0 Å². The molecule has 2 heterocycles. The number of ether oxygens (including phenoxy) is 1. The third-order valence-corrected chi connectivity index (χ3v) is 4.19. The topological polar surface area (TPSA) is 42.3 Å². The lowest BCUT2D eigenvalue weighted by atomic mass is 9.87. The summed E-state index contributed by atoms with van der Waals surface area (Å²) in [5.74, 6) is 0. The van der Waals surface area contributed by atoms with Crippen molar-refractivity contribution in [3.05, 3.63) is 18.0 Å². The van der Waals surface area contributed by atoms with Crippen molar-refractivity contribution < 1.29 is 4.74 Å². The van der Waals surface area contributed by atoms with Crippen molar-refractivity contribution in [1.29, 1.82) is 0 Å². The predicted octanol–water partition coefficient (Wildman–Crippen LogP) is 1.57. The first kappa shape index (κ1) is 15.5. The van der Waals surface area contributed by atoms with E-state index in [0.717, 1.165) is 39.3 Å². The van der Waals surface area contributed by atoms with Gasteiger partial charge in [-0.2, -0.15) is 5.10 Å². The standard InChI is InChI=1S/C15H28N4O/c1-5-6-16-14(13-11-17-18(4)12-13)15(2,3)19-7-9-20-10-8-19/h11-12,14,16H,5-10H2,1-4H3. The summed E-state index contributed by atoms with van der Waals surface area (Å²) in [6.45, 7) is 11.5. The van der Waals surface area contributed by atoms with Crippen LogP contribution in [0.15, 0.2) is 12.4 Å². The van der Waals surface area contributed by atoms with Crippen molar-refractivity contribution in [3.8, 4) is 0 Å². The maximum atomic E-state index is 5.49. The van der Waals surface area contributed by atoms with Crippen LogP contribution in [-0.4, -0.2) is 53.1 Å². The Hall–Kier alpha value is -0.910. The van der Waals surface area contributed by atoms with Crippen molar-refractivity contribution in [2.75, 3.05) is 32.8 Å². The van der Waals surface area contributed by atoms with Crippen molar-refractivity contribution >= 4 is 0 Å². The van der Waals surface area contributed by atoms with Gasteiger partial charge in [-0.1, -0.05) is 6.92 Å². The lowest BCUT2D eigenvalue weighted by Crippen LogP contribution is -2.56. The van der Waals surface area contributed by atoms with Gasteiger partial charge in [0.25, 0.3) is 0 Å². The number of nitrogens with one attached hydrogen (secondary N) is 1. The summed E-state index contributed by atoms with van der Waals surface area (Å²) in [6, 6.07) is 0.286. The van der Waals surface area contributed by atoms with E-state index in [4.69, 9.17) is 4.74 Å². The summed E-state index contributed by atoms with van der Waals surface area (Å²) in [5, 5.41) is 8.04. The number of hydrogen-bond acceptors (Lipinski definition) is 4. The molecule has 0 aliphatic carbocycles. The van der Waals surface area contributed by atoms with Gasteiger partial charge in [-0.15, -0.1) is 0 Å². The molecule has 0 aromatic carbocycles. The Kier molecular flexibility index (Phi) is 5.18. The highest BCUT2D eigenvalue weighted by molar-refractivity contribution is 5.16. The highest BCUT2D eigenvalue weighted by Gasteiger charge is 2.37. The molecule has 1 saturated heterocycles. The van der Waals surface area contributed by atoms with Gasteiger partial charge in [-0.3, -0.25) is 9.58 Å². The van der Waals surface area contributed by atoms with E-state index in [1.54, 1.807) is 0 Å². The van der Waals surface area contributed by atoms with Crippen LogP contribution in [0, 0.1) is 0 Å². The van der Waals surface area contributed by atoms with Crippen LogP contribution in [0.25, 0.3) is 0 Å². The second-order valence-corrected chi connectivity index (χ2v) is 6.09. The SMILES string of the molecule is CCCNC(c1cnn(C)c1)C(C)(C)N1CCOCC1. The first-order valence-corrected chi connectivity index (χ1v) is 7.60. The molecular formula is C15H28N4O. The summed E-state index contributed by atoms with van der Waals surface area (Å²) in [4.78, 5) is 2.52. The van der Waals surface area contributed by atoms with E-state index in [1.165, 1.54) is 5.56 Å². The third-order valence-electron chi connectivity index (χ3n) is 4.19. The summed E-state index contributed by atoms with van der Waals surface area (Å²) >= 11 is 0. The molecule has 20 heavy (non-hydrogen) atoms. The summed E-state index contributed by atoms with van der Waals surface area (Å²) in [5.41, 5.74) is 1.31. The molecule has 2 rings (SSSR count). The Bertz CT molecular complexity index is 410. The van der Waals surface area contributed by atoms with E-state index in [2.05, 4.69) is 42.3 Å². The quantitative estimate of drug-likeness (QED) is 0.859. The summed E-state index contributed by atoms with van der Waals surface area (Å²) in [6.07, 6.45) is 5.24. The average molecular weight is 280 g/mol. The highest BCUT2D eigenvalue weighted by atomic mass is 16.5. The molecule has 1 aliphatic rings. The number of aromatic nitrogens is 2. The zero-order chi connectivity index (χ0) is 14.6. The second-order valence-electron chi connectivity index (χ2n) is 6.09. The molecule has 1 fully saturated rings. The van der Waals surface area contributed by atoms with Gasteiger partial charge in [-0.25, -0.2) is 0 Å². The molecule has 0 spiro atoms. The Morgan fingerprint density at radius 3 is 2.65 bits per heavy atom. The lowest BCUT2D eigenvalue weighted by molar-refractivity contribution is -0.0238. The maximum Gasteiger partial charge on any atom is 0.0594 e. The van der Waals surface area contributed by atoms with Gasteiger partial charge in [0.15, 0.2) is 0 Å². The van der Waals surface area contributed by atoms with Crippen LogP contribution in [0.1, 0.15) is 38.8 Å². The number of morpholine rings is 1. The molecule has 0 amide bonds. The fraction of sp³-hybridized carbons (Fsp3) is 0.800. The Morgan fingerprint density at radius 2 is 2.10 bits per heavy atom. The highest BCUT2D eigenvalue weighted by Crippen LogP contribution is 2.31. The normalized spacial score (nSPS) is 19.2. The molecule has 0 saturated carbocycles. The third kappa shape index (κ3) is 3.40. The summed E-state index contributed by atoms with van der Waals surface area (Å²) < 4.78 is 7.37. The second kappa shape index (κ2) is 6.70. The molecule has 1 atom stereocenters. The van der Waals surface area contributed by atoms with Gasteiger partial charge >= 0.3 is 0 Å². The Morgan fingerprint density at radius 1 is 1.40 bits per heavy atom. The van der Waals surface area contributed by atoms with Gasteiger partial charge in [-0.05, 0) is 26.8 Å². The zero-order valence-electron chi connectivity index (χ0n) is 13.2. The molecular weight excluding hydrogens is 252 g/mol. The van der Waals surface area contributed by atoms with Crippen LogP contribution >= 0.6 is 0 Å². The van der Waals surface area contributed by atoms with Crippen LogP contribution in [0.3, 0.4) is 0 Å². The molecule has 114 valence electrons. The van der Waals surface area contributed by atoms with E-state index in [-0.39, 0.29) is 11.6 Å². The lowest BCUT2D eigenvalue weighted by Gasteiger charge is -2.46. The number of hydrogen-bond donors (Lipinski definition) is 1. The number of aryl methyl sites for hydroxylation is 1. The first-order valence-electron chi connectivity index (χ1n) is 7.60. The van der Waals surface area contributed by atoms with Crippen LogP contribution in [0.2, 0.25) is 0 Å². The van der Waals surface area contributed by atoms with Crippen LogP contribution < -0.4 is 5.32 Å². The monoisotopic (exact) mass is 280 g/mol. The molecule has 5 heteroatoms. The van der Waals surface area contributed by atoms with Crippen LogP contribution in [0.5, 0.6) is 0 Å². The first-order chi connectivity index (χ1) is 9.55. The average Bonchev–Trinajstić information content (AvgIpc) is 2.86. The molecule has 0 bridgehead atoms. The van der Waals surface area contributed by atoms with Gasteiger partial charge in [0.05, 0.1) is 25.5 Å². The largest absolute Gasteiger partial charge is 0.379 e. The summed E-state index contributed by atoms with van der Waals surface area (Å²) in [7, 11) is 1.97. The molecule has 0 radical (unpaired) electrons. The van der Waals surface area contributed by atoms with E-state index >= 15 is 0 Å². The van der Waals surface area contributed by atoms with Gasteiger partial charge < -0.3 is 10.1 Å². The van der Waals surface area contributed by atoms with Crippen LogP contribution in [-0.2, 0) is 11.8 Å². The van der Waals surface area contributed by atoms with E-state index < -0.39 is 0 Å². The fourth-order valence-corrected chi connectivity index (χ4v) is 2.98. The Labute approximate surface area is 122 Å². The smallest absolute Gasteiger partial charge is 0.0594 e. The Balaban J connectivity index is 2.19. The number of rotatable bonds is 6. The van der Waals surface area contributed by atoms with E-state index in [0.29, 0.717) is 0 Å². The molecule has 1 unspecified atom stereocenters. The van der Waals surface area contributed by atoms with Gasteiger partial charge in [0.1, 0.15) is 0 Å². The molecule has 1 aromatic rings. The minimum Gasteiger partial charge on any atom is -0.379 e. The molecule has 5 nitrogen and oxygen atoms in total. The van der Waals surface area contributed by atoms with Crippen molar-refractivity contribution in [2.45, 2.75) is 38.8 Å². The fourth-order valence-electron chi connectivity index (χ4n) is 2.98. The zero-order valence-corrected chi connectivity index (χ0v) is 13.2. The predicted molar refractivity (Wildman–Crippen MR) is 80.7 cm³/mol. The van der Waals surface area contributed by atoms with Gasteiger partial charge in [0.2, 0.25) is 0 Å². The van der Waals surface area contributed by atoms with Crippen LogP contribution in [0.4, 0.5) is 0 Å². The maximum absolute atomic E-state index is 5.49. The molecule has 1 aliphatic heterocycles. The van der Waals surface area contributed by atoms with Gasteiger partial charge in [0, 0.05) is 37.4 Å². The minimum absolute atomic E-state index is 0.0436. The van der Waals surface area contributed by atoms with Crippen molar-refractivity contribution in [3.63, 3.8) is 0 Å². The molecule has 1 aromatic heterocycles. The minimum atomic E-state index is 0.0436. The van der Waals surface area contributed by atoms with E-state index in [1.807, 2.05) is 17.9 Å². The molecule has 1 N–H and O–H groups in total. The van der Waals surface area contributed by atoms with Crippen molar-refractivity contribution in [1.82, 2.24) is 20.0 Å².